The van der Waals surface area contributed by atoms with Gasteiger partial charge in [-0.05, 0) is 24.2 Å². The maximum Gasteiger partial charge on any atom is 1.00 e. The van der Waals surface area contributed by atoms with E-state index in [0.717, 1.165) is 24.2 Å². The van der Waals surface area contributed by atoms with Crippen LogP contribution in [0.3, 0.4) is 0 Å². The maximum atomic E-state index is 8.78. The van der Waals surface area contributed by atoms with Crippen LogP contribution in [0.25, 0.3) is 11.5 Å². The molecule has 0 aromatic heterocycles. The fraction of sp³-hybridized carbons (Fsp3) is 0.909. The third-order valence-corrected chi connectivity index (χ3v) is 2.23. The number of carbonyl (C=O) groups is 1. The molecule has 0 spiro atoms. The molecule has 1 amide bonds. The summed E-state index contributed by atoms with van der Waals surface area (Å²) in [5.74, 6) is 2.31. The van der Waals surface area contributed by atoms with Gasteiger partial charge in [-0.3, -0.25) is 0 Å². The molecule has 0 bridgehead atoms. The van der Waals surface area contributed by atoms with Gasteiger partial charge >= 0.3 is 51.4 Å². The van der Waals surface area contributed by atoms with Gasteiger partial charge < -0.3 is 16.3 Å². The van der Waals surface area contributed by atoms with Gasteiger partial charge in [0, 0.05) is 6.39 Å². The normalized spacial score (nSPS) is 12.3. The molecular weight excluding hydrogens is 215 g/mol. The van der Waals surface area contributed by atoms with Crippen molar-refractivity contribution in [1.82, 2.24) is 0 Å². The predicted molar refractivity (Wildman–Crippen MR) is 62.0 cm³/mol. The third kappa shape index (κ3) is 17.7. The van der Waals surface area contributed by atoms with Crippen LogP contribution in [0.15, 0.2) is 0 Å². The van der Waals surface area contributed by atoms with Gasteiger partial charge in [0.05, 0.1) is 1.37 Å². The predicted octanol–water partition coefficient (Wildman–Crippen LogP) is 0.946. The molecule has 1 unspecified atom stereocenters. The summed E-state index contributed by atoms with van der Waals surface area (Å²) in [5.41, 5.74) is 12.8. The maximum absolute atomic E-state index is 8.78. The van der Waals surface area contributed by atoms with Crippen molar-refractivity contribution in [3.63, 3.8) is 0 Å². The standard InChI is InChI=1S/C10H22N.CH3NO.K/c1-8(2)7-10(5-6-11)9(3)4;2-1-3;/h8-11H,5-7H2,1-4H3;1H,(H2,2,3);/q-1;;+1/p-1/i;1D;. The Morgan fingerprint density at radius 3 is 1.93 bits per heavy atom. The number of rotatable bonds is 5. The van der Waals surface area contributed by atoms with Gasteiger partial charge in [-0.1, -0.05) is 34.1 Å². The minimum atomic E-state index is -1.33. The first kappa shape index (κ1) is 18.4. The topological polar surface area (TPSA) is 64.7 Å². The average molecular weight is 240 g/mol. The van der Waals surface area contributed by atoms with E-state index in [0.29, 0.717) is 6.54 Å². The molecule has 3 nitrogen and oxygen atoms in total. The Kier molecular flexibility index (Phi) is 18.5. The van der Waals surface area contributed by atoms with Crippen molar-refractivity contribution in [3.8, 4) is 0 Å². The fourth-order valence-corrected chi connectivity index (χ4v) is 1.51. The van der Waals surface area contributed by atoms with Crippen molar-refractivity contribution in [2.45, 2.75) is 40.5 Å². The second-order valence-electron chi connectivity index (χ2n) is 4.27. The Bertz CT molecular complexity index is 162. The van der Waals surface area contributed by atoms with Gasteiger partial charge in [0.25, 0.3) is 0 Å². The van der Waals surface area contributed by atoms with Crippen LogP contribution in [-0.4, -0.2) is 12.9 Å². The van der Waals surface area contributed by atoms with Crippen molar-refractivity contribution in [1.29, 1.82) is 0 Å². The first-order valence-corrected chi connectivity index (χ1v) is 5.18. The Balaban J connectivity index is -0.000000292. The molecule has 4 heteroatoms. The van der Waals surface area contributed by atoms with Gasteiger partial charge in [0.1, 0.15) is 0 Å². The number of carbonyl (C=O) groups excluding carboxylic acids is 1. The summed E-state index contributed by atoms with van der Waals surface area (Å²) in [6, 6.07) is 0. The summed E-state index contributed by atoms with van der Waals surface area (Å²) in [7, 11) is 0. The van der Waals surface area contributed by atoms with E-state index in [4.69, 9.17) is 17.6 Å². The Hall–Kier alpha value is 1.07. The molecule has 0 saturated heterocycles. The first-order valence-electron chi connectivity index (χ1n) is 5.68. The summed E-state index contributed by atoms with van der Waals surface area (Å²) >= 11 is 0. The molecule has 0 radical (unpaired) electrons. The van der Waals surface area contributed by atoms with Crippen molar-refractivity contribution in [3.05, 3.63) is 11.5 Å². The van der Waals surface area contributed by atoms with E-state index in [9.17, 15) is 0 Å². The van der Waals surface area contributed by atoms with Crippen LogP contribution < -0.4 is 51.4 Å². The first-order chi connectivity index (χ1) is 6.81. The van der Waals surface area contributed by atoms with Gasteiger partial charge in [0.2, 0.25) is 0 Å². The number of amides is 1. The molecule has 86 valence electrons. The van der Waals surface area contributed by atoms with Gasteiger partial charge in [-0.2, -0.15) is 6.54 Å². The monoisotopic (exact) mass is 240 g/mol. The quantitative estimate of drug-likeness (QED) is 0.521. The Morgan fingerprint density at radius 2 is 1.73 bits per heavy atom. The molecule has 2 N–H and O–H groups in total. The SMILES string of the molecule is CC(C)CC(CC[NH-])C(C)C.[2H]C([NH-])=O.[K+]. The van der Waals surface area contributed by atoms with Gasteiger partial charge in [-0.25, -0.2) is 0 Å². The van der Waals surface area contributed by atoms with Gasteiger partial charge in [-0.15, -0.1) is 0 Å². The molecule has 0 rings (SSSR count). The molecule has 0 aliphatic heterocycles. The van der Waals surface area contributed by atoms with Crippen molar-refractivity contribution in [2.24, 2.45) is 17.8 Å². The second kappa shape index (κ2) is 15.1. The Labute approximate surface area is 139 Å². The molecule has 0 aliphatic rings. The van der Waals surface area contributed by atoms with E-state index >= 15 is 0 Å². The zero-order valence-corrected chi connectivity index (χ0v) is 13.9. The van der Waals surface area contributed by atoms with E-state index in [2.05, 4.69) is 27.7 Å². The molecule has 0 aliphatic carbocycles. The smallest absolute Gasteiger partial charge is 0.677 e. The molecule has 0 aromatic carbocycles. The zero-order valence-electron chi connectivity index (χ0n) is 11.8. The van der Waals surface area contributed by atoms with Gasteiger partial charge in [0.15, 0.2) is 0 Å². The summed E-state index contributed by atoms with van der Waals surface area (Å²) < 4.78 is 5.61. The largest absolute Gasteiger partial charge is 1.00 e. The molecule has 15 heavy (non-hydrogen) atoms. The van der Waals surface area contributed by atoms with E-state index in [1.807, 2.05) is 0 Å². The summed E-state index contributed by atoms with van der Waals surface area (Å²) in [6.07, 6.45) is 1.03. The zero-order chi connectivity index (χ0) is 12.4. The number of nitrogens with one attached hydrogen (secondary N) is 2. The van der Waals surface area contributed by atoms with Crippen molar-refractivity contribution < 1.29 is 57.5 Å². The molecule has 0 fully saturated rings. The molecular formula is C11H24KN2O-. The fourth-order valence-electron chi connectivity index (χ4n) is 1.51. The third-order valence-electron chi connectivity index (χ3n) is 2.23. The van der Waals surface area contributed by atoms with Crippen LogP contribution in [-0.2, 0) is 4.79 Å². The van der Waals surface area contributed by atoms with Crippen molar-refractivity contribution >= 4 is 6.39 Å². The summed E-state index contributed by atoms with van der Waals surface area (Å²) in [6.45, 7) is 9.65. The molecule has 1 atom stereocenters. The van der Waals surface area contributed by atoms with Crippen molar-refractivity contribution in [2.75, 3.05) is 6.54 Å². The molecule has 0 heterocycles. The van der Waals surface area contributed by atoms with Crippen LogP contribution in [0.4, 0.5) is 0 Å². The minimum Gasteiger partial charge on any atom is -0.677 e. The van der Waals surface area contributed by atoms with E-state index in [-0.39, 0.29) is 51.4 Å². The van der Waals surface area contributed by atoms with E-state index < -0.39 is 6.39 Å². The average Bonchev–Trinajstić information content (AvgIpc) is 2.01. The Morgan fingerprint density at radius 1 is 1.33 bits per heavy atom. The summed E-state index contributed by atoms with van der Waals surface area (Å²) in [4.78, 5) is 8.78. The van der Waals surface area contributed by atoms with Crippen LogP contribution >= 0.6 is 0 Å². The van der Waals surface area contributed by atoms with Crippen LogP contribution in [0.2, 0.25) is 0 Å². The number of hydrogen-bond acceptors (Lipinski definition) is 1. The van der Waals surface area contributed by atoms with E-state index in [1.54, 1.807) is 0 Å². The molecule has 0 aromatic rings. The number of hydrogen-bond donors (Lipinski definition) is 0. The van der Waals surface area contributed by atoms with Crippen LogP contribution in [0, 0.1) is 17.8 Å². The second-order valence-corrected chi connectivity index (χ2v) is 4.27. The van der Waals surface area contributed by atoms with E-state index in [1.165, 1.54) is 6.42 Å². The van der Waals surface area contributed by atoms with Crippen LogP contribution in [0.1, 0.15) is 41.9 Å². The summed E-state index contributed by atoms with van der Waals surface area (Å²) in [5, 5.41) is 0. The van der Waals surface area contributed by atoms with Crippen LogP contribution in [0.5, 0.6) is 0 Å². The minimum absolute atomic E-state index is 0. The molecule has 0 saturated carbocycles.